The van der Waals surface area contributed by atoms with Gasteiger partial charge in [0.15, 0.2) is 0 Å². The molecule has 2 aromatic carbocycles. The van der Waals surface area contributed by atoms with Crippen LogP contribution in [0.1, 0.15) is 5.56 Å². The van der Waals surface area contributed by atoms with Gasteiger partial charge < -0.3 is 0 Å². The topological polar surface area (TPSA) is 17.8 Å². The molecule has 0 bridgehead atoms. The van der Waals surface area contributed by atoms with E-state index in [2.05, 4.69) is 5.10 Å². The summed E-state index contributed by atoms with van der Waals surface area (Å²) in [6.45, 7) is 0. The maximum Gasteiger partial charge on any atom is 0.128 e. The third kappa shape index (κ3) is 2.10. The van der Waals surface area contributed by atoms with Gasteiger partial charge in [-0.05, 0) is 23.3 Å². The highest BCUT2D eigenvalue weighted by atomic mass is 35.5. The molecule has 3 aromatic rings. The zero-order valence-corrected chi connectivity index (χ0v) is 11.2. The number of nitrogens with zero attached hydrogens (tertiary/aromatic N) is 2. The van der Waals surface area contributed by atoms with Crippen LogP contribution in [0.3, 0.4) is 0 Å². The monoisotopic (exact) mass is 274 g/mol. The number of aromatic nitrogens is 2. The minimum absolute atomic E-state index is 0.184. The number of alkyl halides is 1. The van der Waals surface area contributed by atoms with Crippen molar-refractivity contribution in [3.63, 3.8) is 0 Å². The standard InChI is InChI=1S/C15H12ClFN2/c1-19-9-13-12(3-2-4-15(13)18-19)10-5-6-11(8-16)14(17)7-10/h2-7,9H,8H2,1H3. The molecule has 0 saturated heterocycles. The Balaban J connectivity index is 2.21. The second kappa shape index (κ2) is 4.67. The Morgan fingerprint density at radius 2 is 2.11 bits per heavy atom. The van der Waals surface area contributed by atoms with Crippen LogP contribution in [-0.4, -0.2) is 9.78 Å². The van der Waals surface area contributed by atoms with Gasteiger partial charge in [0.1, 0.15) is 5.82 Å². The predicted molar refractivity (Wildman–Crippen MR) is 75.7 cm³/mol. The summed E-state index contributed by atoms with van der Waals surface area (Å²) in [5.41, 5.74) is 3.24. The highest BCUT2D eigenvalue weighted by molar-refractivity contribution is 6.17. The molecule has 0 N–H and O–H groups in total. The fraction of sp³-hybridized carbons (Fsp3) is 0.133. The predicted octanol–water partition coefficient (Wildman–Crippen LogP) is 4.12. The van der Waals surface area contributed by atoms with Gasteiger partial charge >= 0.3 is 0 Å². The van der Waals surface area contributed by atoms with Crippen LogP contribution in [0.5, 0.6) is 0 Å². The molecule has 0 radical (unpaired) electrons. The van der Waals surface area contributed by atoms with Crippen molar-refractivity contribution in [2.75, 3.05) is 0 Å². The zero-order valence-electron chi connectivity index (χ0n) is 10.4. The van der Waals surface area contributed by atoms with Crippen molar-refractivity contribution >= 4 is 22.5 Å². The van der Waals surface area contributed by atoms with Gasteiger partial charge in [-0.3, -0.25) is 4.68 Å². The van der Waals surface area contributed by atoms with E-state index in [9.17, 15) is 4.39 Å². The quantitative estimate of drug-likeness (QED) is 0.643. The maximum absolute atomic E-state index is 13.8. The minimum Gasteiger partial charge on any atom is -0.275 e. The molecule has 0 spiro atoms. The van der Waals surface area contributed by atoms with Gasteiger partial charge in [-0.1, -0.05) is 24.3 Å². The first-order valence-corrected chi connectivity index (χ1v) is 6.49. The summed E-state index contributed by atoms with van der Waals surface area (Å²) >= 11 is 5.68. The fourth-order valence-corrected chi connectivity index (χ4v) is 2.45. The molecule has 0 fully saturated rings. The average Bonchev–Trinajstić information content (AvgIpc) is 2.78. The van der Waals surface area contributed by atoms with Crippen molar-refractivity contribution < 1.29 is 4.39 Å². The first kappa shape index (κ1) is 12.2. The van der Waals surface area contributed by atoms with Crippen LogP contribution in [-0.2, 0) is 12.9 Å². The van der Waals surface area contributed by atoms with Crippen LogP contribution >= 0.6 is 11.6 Å². The molecule has 3 rings (SSSR count). The molecule has 0 aliphatic rings. The molecule has 1 aromatic heterocycles. The first-order chi connectivity index (χ1) is 9.19. The fourth-order valence-electron chi connectivity index (χ4n) is 2.24. The summed E-state index contributed by atoms with van der Waals surface area (Å²) in [4.78, 5) is 0. The lowest BCUT2D eigenvalue weighted by Gasteiger charge is -2.05. The summed E-state index contributed by atoms with van der Waals surface area (Å²) in [6, 6.07) is 11.0. The molecule has 4 heteroatoms. The zero-order chi connectivity index (χ0) is 13.4. The summed E-state index contributed by atoms with van der Waals surface area (Å²) in [5, 5.41) is 5.37. The molecular weight excluding hydrogens is 263 g/mol. The van der Waals surface area contributed by atoms with Crippen molar-refractivity contribution in [2.45, 2.75) is 5.88 Å². The molecule has 0 unspecified atom stereocenters. The van der Waals surface area contributed by atoms with Crippen LogP contribution in [0.15, 0.2) is 42.6 Å². The smallest absolute Gasteiger partial charge is 0.128 e. The molecule has 0 saturated carbocycles. The normalized spacial score (nSPS) is 11.1. The Hall–Kier alpha value is -1.87. The van der Waals surface area contributed by atoms with E-state index in [0.29, 0.717) is 5.56 Å². The molecule has 2 nitrogen and oxygen atoms in total. The molecule has 1 heterocycles. The van der Waals surface area contributed by atoms with Gasteiger partial charge in [0, 0.05) is 24.2 Å². The van der Waals surface area contributed by atoms with Crippen molar-refractivity contribution in [3.05, 3.63) is 54.0 Å². The van der Waals surface area contributed by atoms with Crippen LogP contribution in [0.25, 0.3) is 22.0 Å². The highest BCUT2D eigenvalue weighted by Crippen LogP contribution is 2.29. The highest BCUT2D eigenvalue weighted by Gasteiger charge is 2.09. The van der Waals surface area contributed by atoms with Gasteiger partial charge in [0.05, 0.1) is 11.4 Å². The van der Waals surface area contributed by atoms with E-state index in [1.807, 2.05) is 37.5 Å². The third-order valence-corrected chi connectivity index (χ3v) is 3.46. The lowest BCUT2D eigenvalue weighted by molar-refractivity contribution is 0.617. The minimum atomic E-state index is -0.270. The molecule has 19 heavy (non-hydrogen) atoms. The molecule has 0 aliphatic carbocycles. The average molecular weight is 275 g/mol. The molecule has 96 valence electrons. The lowest BCUT2D eigenvalue weighted by atomic mass is 10.0. The summed E-state index contributed by atoms with van der Waals surface area (Å²) in [6.07, 6.45) is 1.94. The van der Waals surface area contributed by atoms with Gasteiger partial charge in [-0.2, -0.15) is 5.10 Å². The SMILES string of the molecule is Cn1cc2c(-c3ccc(CCl)c(F)c3)cccc2n1. The lowest BCUT2D eigenvalue weighted by Crippen LogP contribution is -1.87. The summed E-state index contributed by atoms with van der Waals surface area (Å²) in [5.74, 6) is -0.0863. The Morgan fingerprint density at radius 3 is 2.84 bits per heavy atom. The number of hydrogen-bond donors (Lipinski definition) is 0. The summed E-state index contributed by atoms with van der Waals surface area (Å²) in [7, 11) is 1.88. The number of rotatable bonds is 2. The number of benzene rings is 2. The van der Waals surface area contributed by atoms with Gasteiger partial charge in [-0.25, -0.2) is 4.39 Å². The second-order valence-electron chi connectivity index (χ2n) is 4.48. The van der Waals surface area contributed by atoms with Gasteiger partial charge in [0.25, 0.3) is 0 Å². The number of aryl methyl sites for hydroxylation is 1. The molecule has 0 atom stereocenters. The molecule has 0 amide bonds. The Morgan fingerprint density at radius 1 is 1.26 bits per heavy atom. The van der Waals surface area contributed by atoms with E-state index < -0.39 is 0 Å². The Bertz CT molecular complexity index is 749. The van der Waals surface area contributed by atoms with Crippen LogP contribution < -0.4 is 0 Å². The van der Waals surface area contributed by atoms with Crippen molar-refractivity contribution in [1.29, 1.82) is 0 Å². The Labute approximate surface area is 115 Å². The van der Waals surface area contributed by atoms with Crippen LogP contribution in [0.2, 0.25) is 0 Å². The molecule has 0 aliphatic heterocycles. The summed E-state index contributed by atoms with van der Waals surface area (Å²) < 4.78 is 15.6. The van der Waals surface area contributed by atoms with E-state index in [0.717, 1.165) is 22.0 Å². The van der Waals surface area contributed by atoms with E-state index in [4.69, 9.17) is 11.6 Å². The number of fused-ring (bicyclic) bond motifs is 1. The van der Waals surface area contributed by atoms with Crippen molar-refractivity contribution in [1.82, 2.24) is 9.78 Å². The molecular formula is C15H12ClFN2. The van der Waals surface area contributed by atoms with Crippen molar-refractivity contribution in [3.8, 4) is 11.1 Å². The van der Waals surface area contributed by atoms with E-state index in [-0.39, 0.29) is 11.7 Å². The van der Waals surface area contributed by atoms with Crippen LogP contribution in [0, 0.1) is 5.82 Å². The largest absolute Gasteiger partial charge is 0.275 e. The third-order valence-electron chi connectivity index (χ3n) is 3.17. The number of hydrogen-bond acceptors (Lipinski definition) is 1. The van der Waals surface area contributed by atoms with E-state index in [1.165, 1.54) is 6.07 Å². The second-order valence-corrected chi connectivity index (χ2v) is 4.75. The maximum atomic E-state index is 13.8. The number of halogens is 2. The van der Waals surface area contributed by atoms with E-state index >= 15 is 0 Å². The van der Waals surface area contributed by atoms with Gasteiger partial charge in [0.2, 0.25) is 0 Å². The van der Waals surface area contributed by atoms with Crippen LogP contribution in [0.4, 0.5) is 4.39 Å². The van der Waals surface area contributed by atoms with Crippen molar-refractivity contribution in [2.24, 2.45) is 7.05 Å². The van der Waals surface area contributed by atoms with E-state index in [1.54, 1.807) is 10.7 Å². The van der Waals surface area contributed by atoms with Gasteiger partial charge in [-0.15, -0.1) is 11.6 Å². The Kier molecular flexibility index (Phi) is 2.99. The first-order valence-electron chi connectivity index (χ1n) is 5.96.